The SMILES string of the molecule is COC(=O)c1cccc(Cn2ccc(-c3cc(C4=CNC(O)NC4O)nnc3C)c2)c1. The number of ether oxygens (including phenoxy) is 1. The fourth-order valence-corrected chi connectivity index (χ4v) is 3.46. The first-order chi connectivity index (χ1) is 14.9. The Morgan fingerprint density at radius 3 is 2.84 bits per heavy atom. The van der Waals surface area contributed by atoms with E-state index < -0.39 is 12.6 Å². The van der Waals surface area contributed by atoms with Crippen molar-refractivity contribution in [2.75, 3.05) is 7.11 Å². The number of benzene rings is 1. The number of aryl methyl sites for hydroxylation is 1. The average Bonchev–Trinajstić information content (AvgIpc) is 3.22. The summed E-state index contributed by atoms with van der Waals surface area (Å²) in [5.74, 6) is -0.364. The van der Waals surface area contributed by atoms with E-state index >= 15 is 0 Å². The van der Waals surface area contributed by atoms with Gasteiger partial charge in [0.25, 0.3) is 0 Å². The normalized spacial score (nSPS) is 18.3. The van der Waals surface area contributed by atoms with E-state index in [0.29, 0.717) is 23.4 Å². The molecule has 2 aromatic heterocycles. The first-order valence-corrected chi connectivity index (χ1v) is 9.71. The summed E-state index contributed by atoms with van der Waals surface area (Å²) >= 11 is 0. The number of esters is 1. The maximum absolute atomic E-state index is 11.8. The van der Waals surface area contributed by atoms with Crippen molar-refractivity contribution in [3.05, 3.63) is 77.5 Å². The van der Waals surface area contributed by atoms with E-state index in [4.69, 9.17) is 4.74 Å². The molecule has 3 aromatic rings. The number of carbonyl (C=O) groups is 1. The van der Waals surface area contributed by atoms with E-state index in [0.717, 1.165) is 22.4 Å². The van der Waals surface area contributed by atoms with Crippen LogP contribution in [0.5, 0.6) is 0 Å². The Morgan fingerprint density at radius 1 is 1.23 bits per heavy atom. The minimum Gasteiger partial charge on any atom is -0.465 e. The molecule has 0 aliphatic carbocycles. The van der Waals surface area contributed by atoms with E-state index in [-0.39, 0.29) is 5.97 Å². The van der Waals surface area contributed by atoms with Crippen molar-refractivity contribution in [2.24, 2.45) is 0 Å². The molecule has 0 saturated carbocycles. The number of rotatable bonds is 5. The van der Waals surface area contributed by atoms with Crippen molar-refractivity contribution in [3.8, 4) is 11.1 Å². The molecule has 2 unspecified atom stereocenters. The predicted molar refractivity (Wildman–Crippen MR) is 113 cm³/mol. The third-order valence-electron chi connectivity index (χ3n) is 5.06. The molecule has 9 heteroatoms. The highest BCUT2D eigenvalue weighted by Gasteiger charge is 2.22. The molecule has 3 heterocycles. The van der Waals surface area contributed by atoms with Crippen LogP contribution >= 0.6 is 0 Å². The molecule has 0 saturated heterocycles. The van der Waals surface area contributed by atoms with E-state index in [2.05, 4.69) is 20.8 Å². The second-order valence-corrected chi connectivity index (χ2v) is 7.23. The Hall–Kier alpha value is -3.53. The van der Waals surface area contributed by atoms with Gasteiger partial charge in [-0.15, -0.1) is 0 Å². The van der Waals surface area contributed by atoms with Crippen LogP contribution in [0.3, 0.4) is 0 Å². The van der Waals surface area contributed by atoms with Gasteiger partial charge in [-0.3, -0.25) is 0 Å². The zero-order valence-electron chi connectivity index (χ0n) is 17.1. The minimum absolute atomic E-state index is 0.364. The van der Waals surface area contributed by atoms with Crippen molar-refractivity contribution in [1.29, 1.82) is 0 Å². The summed E-state index contributed by atoms with van der Waals surface area (Å²) in [5.41, 5.74) is 5.05. The molecular formula is C22H23N5O4. The summed E-state index contributed by atoms with van der Waals surface area (Å²) in [6.45, 7) is 2.46. The zero-order chi connectivity index (χ0) is 22.0. The lowest BCUT2D eigenvalue weighted by Gasteiger charge is -2.25. The topological polar surface area (TPSA) is 122 Å². The Bertz CT molecular complexity index is 1140. The lowest BCUT2D eigenvalue weighted by Crippen LogP contribution is -2.49. The molecule has 4 N–H and O–H groups in total. The summed E-state index contributed by atoms with van der Waals surface area (Å²) in [4.78, 5) is 11.8. The molecule has 1 aliphatic rings. The van der Waals surface area contributed by atoms with Crippen LogP contribution in [0.2, 0.25) is 0 Å². The minimum atomic E-state index is -1.06. The standard InChI is InChI=1S/C22H23N5O4/c1-13-17(9-19(26-25-13)18-10-23-22(30)24-20(18)28)16-6-7-27(12-16)11-14-4-3-5-15(8-14)21(29)31-2/h3-10,12,20,22-24,28,30H,11H2,1-2H3. The number of hydrogen-bond acceptors (Lipinski definition) is 8. The Labute approximate surface area is 179 Å². The van der Waals surface area contributed by atoms with E-state index in [1.54, 1.807) is 6.07 Å². The predicted octanol–water partition coefficient (Wildman–Crippen LogP) is 1.22. The molecule has 0 radical (unpaired) electrons. The summed E-state index contributed by atoms with van der Waals surface area (Å²) in [7, 11) is 1.36. The number of nitrogens with one attached hydrogen (secondary N) is 2. The highest BCUT2D eigenvalue weighted by Crippen LogP contribution is 2.26. The summed E-state index contributed by atoms with van der Waals surface area (Å²) in [6.07, 6.45) is 3.38. The van der Waals surface area contributed by atoms with E-state index in [9.17, 15) is 15.0 Å². The third kappa shape index (κ3) is 4.48. The number of hydrogen-bond donors (Lipinski definition) is 4. The van der Waals surface area contributed by atoms with Crippen LogP contribution in [0.25, 0.3) is 16.7 Å². The van der Waals surface area contributed by atoms with Crippen molar-refractivity contribution < 1.29 is 19.7 Å². The highest BCUT2D eigenvalue weighted by atomic mass is 16.5. The van der Waals surface area contributed by atoms with Gasteiger partial charge in [0.05, 0.1) is 24.1 Å². The molecule has 31 heavy (non-hydrogen) atoms. The smallest absolute Gasteiger partial charge is 0.337 e. The Morgan fingerprint density at radius 2 is 2.06 bits per heavy atom. The van der Waals surface area contributed by atoms with Gasteiger partial charge in [0.2, 0.25) is 0 Å². The van der Waals surface area contributed by atoms with Crippen LogP contribution in [0, 0.1) is 6.92 Å². The molecular weight excluding hydrogens is 398 g/mol. The van der Waals surface area contributed by atoms with Crippen molar-refractivity contribution >= 4 is 11.5 Å². The van der Waals surface area contributed by atoms with Gasteiger partial charge >= 0.3 is 5.97 Å². The molecule has 9 nitrogen and oxygen atoms in total. The van der Waals surface area contributed by atoms with Gasteiger partial charge in [0.15, 0.2) is 6.35 Å². The monoisotopic (exact) mass is 421 g/mol. The second-order valence-electron chi connectivity index (χ2n) is 7.23. The quantitative estimate of drug-likeness (QED) is 0.454. The molecule has 2 atom stereocenters. The molecule has 160 valence electrons. The molecule has 0 fully saturated rings. The lowest BCUT2D eigenvalue weighted by molar-refractivity contribution is 0.0482. The summed E-state index contributed by atoms with van der Waals surface area (Å²) in [6, 6.07) is 11.2. The number of aliphatic hydroxyl groups excluding tert-OH is 2. The Balaban J connectivity index is 1.59. The lowest BCUT2D eigenvalue weighted by atomic mass is 10.0. The fourth-order valence-electron chi connectivity index (χ4n) is 3.46. The van der Waals surface area contributed by atoms with Crippen molar-refractivity contribution in [3.63, 3.8) is 0 Å². The summed E-state index contributed by atoms with van der Waals surface area (Å²) < 4.78 is 6.80. The molecule has 1 aromatic carbocycles. The van der Waals surface area contributed by atoms with Crippen LogP contribution in [0.4, 0.5) is 0 Å². The first kappa shape index (κ1) is 20.7. The van der Waals surface area contributed by atoms with Gasteiger partial charge in [0, 0.05) is 41.8 Å². The number of aromatic nitrogens is 3. The maximum Gasteiger partial charge on any atom is 0.337 e. The number of carbonyl (C=O) groups excluding carboxylic acids is 1. The maximum atomic E-state index is 11.8. The van der Waals surface area contributed by atoms with Gasteiger partial charge in [-0.2, -0.15) is 10.2 Å². The van der Waals surface area contributed by atoms with Crippen LogP contribution < -0.4 is 10.6 Å². The first-order valence-electron chi connectivity index (χ1n) is 9.71. The molecule has 0 spiro atoms. The number of nitrogens with zero attached hydrogens (tertiary/aromatic N) is 3. The van der Waals surface area contributed by atoms with Gasteiger partial charge in [0.1, 0.15) is 6.23 Å². The van der Waals surface area contributed by atoms with Crippen molar-refractivity contribution in [2.45, 2.75) is 26.0 Å². The molecule has 0 bridgehead atoms. The largest absolute Gasteiger partial charge is 0.465 e. The summed E-state index contributed by atoms with van der Waals surface area (Å²) in [5, 5.41) is 33.4. The second kappa shape index (κ2) is 8.68. The van der Waals surface area contributed by atoms with Gasteiger partial charge < -0.3 is 24.8 Å². The van der Waals surface area contributed by atoms with Gasteiger partial charge in [-0.05, 0) is 36.8 Å². The average molecular weight is 421 g/mol. The zero-order valence-corrected chi connectivity index (χ0v) is 17.1. The molecule has 4 rings (SSSR count). The molecule has 1 aliphatic heterocycles. The van der Waals surface area contributed by atoms with E-state index in [1.807, 2.05) is 54.2 Å². The van der Waals surface area contributed by atoms with Crippen LogP contribution in [0.15, 0.2) is 55.0 Å². The highest BCUT2D eigenvalue weighted by molar-refractivity contribution is 5.89. The van der Waals surface area contributed by atoms with Gasteiger partial charge in [-0.1, -0.05) is 12.1 Å². The third-order valence-corrected chi connectivity index (χ3v) is 5.06. The van der Waals surface area contributed by atoms with Crippen LogP contribution in [-0.4, -0.2) is 50.6 Å². The van der Waals surface area contributed by atoms with Crippen molar-refractivity contribution in [1.82, 2.24) is 25.4 Å². The van der Waals surface area contributed by atoms with Crippen LogP contribution in [-0.2, 0) is 11.3 Å². The fraction of sp³-hybridized carbons (Fsp3) is 0.227. The Kier molecular flexibility index (Phi) is 5.81. The van der Waals surface area contributed by atoms with Crippen LogP contribution in [0.1, 0.15) is 27.3 Å². The molecule has 0 amide bonds. The van der Waals surface area contributed by atoms with Gasteiger partial charge in [-0.25, -0.2) is 10.1 Å². The number of methoxy groups -OCH3 is 1. The van der Waals surface area contributed by atoms with E-state index in [1.165, 1.54) is 13.3 Å². The number of aliphatic hydroxyl groups is 2.